The Hall–Kier alpha value is -2.98. The second-order valence-corrected chi connectivity index (χ2v) is 12.4. The number of benzene rings is 1. The average molecular weight is 567 g/mol. The lowest BCUT2D eigenvalue weighted by Crippen LogP contribution is -2.70. The highest BCUT2D eigenvalue weighted by Crippen LogP contribution is 2.67. The number of ether oxygens (including phenoxy) is 6. The van der Waals surface area contributed by atoms with Crippen LogP contribution in [-0.2, 0) is 35.0 Å². The molecule has 1 saturated carbocycles. The highest BCUT2D eigenvalue weighted by atomic mass is 16.9. The number of fused-ring (bicyclic) bond motifs is 2. The zero-order valence-electron chi connectivity index (χ0n) is 24.4. The number of carbonyl (C=O) groups excluding carboxylic acids is 2. The Morgan fingerprint density at radius 2 is 1.83 bits per heavy atom. The summed E-state index contributed by atoms with van der Waals surface area (Å²) in [6, 6.07) is 5.23. The third-order valence-corrected chi connectivity index (χ3v) is 9.74. The minimum atomic E-state index is -1.75. The molecular weight excluding hydrogens is 528 g/mol. The molecule has 6 rings (SSSR count). The number of hydrogen-bond donors (Lipinski definition) is 1. The van der Waals surface area contributed by atoms with E-state index in [1.165, 1.54) is 0 Å². The van der Waals surface area contributed by atoms with E-state index >= 15 is 0 Å². The summed E-state index contributed by atoms with van der Waals surface area (Å²) >= 11 is 0. The van der Waals surface area contributed by atoms with Gasteiger partial charge in [0.15, 0.2) is 5.78 Å². The molecule has 8 atom stereocenters. The molecule has 3 aliphatic carbocycles. The predicted octanol–water partition coefficient (Wildman–Crippen LogP) is 3.82. The van der Waals surface area contributed by atoms with Gasteiger partial charge in [-0.05, 0) is 60.6 Å². The summed E-state index contributed by atoms with van der Waals surface area (Å²) in [6.45, 7) is 11.6. The van der Waals surface area contributed by atoms with Gasteiger partial charge in [0, 0.05) is 31.2 Å². The van der Waals surface area contributed by atoms with Crippen molar-refractivity contribution >= 4 is 11.8 Å². The molecule has 2 saturated heterocycles. The summed E-state index contributed by atoms with van der Waals surface area (Å²) < 4.78 is 36.1. The minimum absolute atomic E-state index is 0.00244. The molecule has 3 fully saturated rings. The number of carbonyl (C=O) groups is 2. The molecule has 2 aliphatic heterocycles. The van der Waals surface area contributed by atoms with Crippen LogP contribution in [0, 0.1) is 17.8 Å². The lowest BCUT2D eigenvalue weighted by molar-refractivity contribution is -0.413. The van der Waals surface area contributed by atoms with Crippen LogP contribution < -0.4 is 9.47 Å². The van der Waals surface area contributed by atoms with Crippen molar-refractivity contribution in [1.82, 2.24) is 0 Å². The van der Waals surface area contributed by atoms with E-state index in [1.807, 2.05) is 19.1 Å². The summed E-state index contributed by atoms with van der Waals surface area (Å²) in [5.41, 5.74) is -0.874. The summed E-state index contributed by atoms with van der Waals surface area (Å²) in [6.07, 6.45) is 3.99. The minimum Gasteiger partial charge on any atom is -0.497 e. The molecule has 0 spiro atoms. The molecule has 0 radical (unpaired) electrons. The van der Waals surface area contributed by atoms with Gasteiger partial charge in [-0.25, -0.2) is 0 Å². The number of methoxy groups -OCH3 is 2. The van der Waals surface area contributed by atoms with Gasteiger partial charge in [0.05, 0.1) is 26.2 Å². The quantitative estimate of drug-likeness (QED) is 0.389. The van der Waals surface area contributed by atoms with Gasteiger partial charge in [0.2, 0.25) is 0 Å². The maximum atomic E-state index is 13.5. The summed E-state index contributed by atoms with van der Waals surface area (Å²) in [5, 5.41) is 12.1. The highest BCUT2D eigenvalue weighted by molar-refractivity contribution is 6.04. The number of hydrogen-bond acceptors (Lipinski definition) is 9. The molecule has 5 aliphatic rings. The molecule has 41 heavy (non-hydrogen) atoms. The van der Waals surface area contributed by atoms with E-state index in [0.717, 1.165) is 5.57 Å². The average Bonchev–Trinajstić information content (AvgIpc) is 3.21. The normalized spacial score (nSPS) is 40.2. The Morgan fingerprint density at radius 3 is 2.46 bits per heavy atom. The standard InChI is InChI=1S/C32H38O9/c1-17(2)31-14-19(4)32-24(28(31)39-29(5,40-31)41-32)11-21(15-30(35)25(32)8-18(3)27(30)34)16-38-26(33)12-20-9-22(36-6)13-23(10-20)37-7/h8-11,13,19,24-25,28,35H,1,12,14-16H2,2-7H3/t19-,24+,25-,28-,29-,30-,31-,32-/m1/s1. The molecule has 2 heterocycles. The van der Waals surface area contributed by atoms with Gasteiger partial charge in [0.25, 0.3) is 5.97 Å². The van der Waals surface area contributed by atoms with Gasteiger partial charge in [-0.1, -0.05) is 25.7 Å². The molecule has 9 nitrogen and oxygen atoms in total. The van der Waals surface area contributed by atoms with E-state index < -0.39 is 40.8 Å². The summed E-state index contributed by atoms with van der Waals surface area (Å²) in [5.74, 6) is -2.14. The zero-order chi connectivity index (χ0) is 29.5. The van der Waals surface area contributed by atoms with Crippen molar-refractivity contribution in [3.05, 3.63) is 59.2 Å². The van der Waals surface area contributed by atoms with Crippen molar-refractivity contribution in [2.24, 2.45) is 17.8 Å². The first-order valence-electron chi connectivity index (χ1n) is 14.1. The fourth-order valence-electron chi connectivity index (χ4n) is 8.03. The molecule has 0 aromatic heterocycles. The van der Waals surface area contributed by atoms with Gasteiger partial charge >= 0.3 is 5.97 Å². The van der Waals surface area contributed by atoms with Gasteiger partial charge in [-0.15, -0.1) is 0 Å². The third kappa shape index (κ3) is 3.96. The van der Waals surface area contributed by atoms with Crippen molar-refractivity contribution < 1.29 is 43.1 Å². The van der Waals surface area contributed by atoms with Gasteiger partial charge in [-0.3, -0.25) is 9.59 Å². The Kier molecular flexibility index (Phi) is 6.36. The van der Waals surface area contributed by atoms with Crippen molar-refractivity contribution in [3.63, 3.8) is 0 Å². The molecule has 3 bridgehead atoms. The second-order valence-electron chi connectivity index (χ2n) is 12.4. The van der Waals surface area contributed by atoms with E-state index in [0.29, 0.717) is 34.6 Å². The zero-order valence-corrected chi connectivity index (χ0v) is 24.4. The summed E-state index contributed by atoms with van der Waals surface area (Å²) in [7, 11) is 3.09. The smallest absolute Gasteiger partial charge is 0.310 e. The third-order valence-electron chi connectivity index (χ3n) is 9.74. The fraction of sp³-hybridized carbons (Fsp3) is 0.562. The summed E-state index contributed by atoms with van der Waals surface area (Å²) in [4.78, 5) is 26.5. The predicted molar refractivity (Wildman–Crippen MR) is 147 cm³/mol. The number of aliphatic hydroxyl groups is 1. The van der Waals surface area contributed by atoms with Crippen LogP contribution in [0.2, 0.25) is 0 Å². The monoisotopic (exact) mass is 566 g/mol. The Labute approximate surface area is 240 Å². The highest BCUT2D eigenvalue weighted by Gasteiger charge is 2.78. The number of rotatable bonds is 7. The van der Waals surface area contributed by atoms with E-state index in [9.17, 15) is 14.7 Å². The van der Waals surface area contributed by atoms with E-state index in [4.69, 9.17) is 28.4 Å². The van der Waals surface area contributed by atoms with Crippen LogP contribution >= 0.6 is 0 Å². The van der Waals surface area contributed by atoms with Gasteiger partial charge in [0.1, 0.15) is 35.4 Å². The Bertz CT molecular complexity index is 1370. The van der Waals surface area contributed by atoms with E-state index in [1.54, 1.807) is 46.3 Å². The molecule has 1 aromatic rings. The topological polar surface area (TPSA) is 110 Å². The fourth-order valence-corrected chi connectivity index (χ4v) is 8.03. The molecule has 9 heteroatoms. The number of Topliss-reactive ketones (excluding diaryl/α,β-unsaturated/α-hetero) is 1. The van der Waals surface area contributed by atoms with E-state index in [2.05, 4.69) is 13.5 Å². The first-order valence-corrected chi connectivity index (χ1v) is 14.1. The Morgan fingerprint density at radius 1 is 1.15 bits per heavy atom. The van der Waals surface area contributed by atoms with Crippen molar-refractivity contribution in [2.75, 3.05) is 20.8 Å². The second kappa shape index (κ2) is 9.26. The van der Waals surface area contributed by atoms with Gasteiger partial charge in [-0.2, -0.15) is 0 Å². The van der Waals surface area contributed by atoms with Crippen LogP contribution in [0.1, 0.15) is 46.1 Å². The molecule has 220 valence electrons. The first-order chi connectivity index (χ1) is 19.3. The van der Waals surface area contributed by atoms with Crippen LogP contribution in [0.25, 0.3) is 0 Å². The molecule has 0 unspecified atom stereocenters. The maximum absolute atomic E-state index is 13.5. The lowest BCUT2D eigenvalue weighted by Gasteiger charge is -2.58. The van der Waals surface area contributed by atoms with Crippen LogP contribution in [0.15, 0.2) is 53.6 Å². The first kappa shape index (κ1) is 28.2. The molecule has 0 amide bonds. The van der Waals surface area contributed by atoms with Crippen LogP contribution in [0.5, 0.6) is 11.5 Å². The van der Waals surface area contributed by atoms with Crippen molar-refractivity contribution in [1.29, 1.82) is 0 Å². The molecule has 1 aromatic carbocycles. The lowest BCUT2D eigenvalue weighted by atomic mass is 9.55. The van der Waals surface area contributed by atoms with Gasteiger partial charge < -0.3 is 33.5 Å². The number of esters is 1. The van der Waals surface area contributed by atoms with Crippen molar-refractivity contribution in [2.45, 2.75) is 75.8 Å². The van der Waals surface area contributed by atoms with Crippen molar-refractivity contribution in [3.8, 4) is 11.5 Å². The van der Waals surface area contributed by atoms with Crippen LogP contribution in [-0.4, -0.2) is 66.6 Å². The number of ketones is 1. The van der Waals surface area contributed by atoms with E-state index in [-0.39, 0.29) is 37.1 Å². The largest absolute Gasteiger partial charge is 0.497 e. The maximum Gasteiger partial charge on any atom is 0.310 e. The molecule has 1 N–H and O–H groups in total. The Balaban J connectivity index is 1.35. The van der Waals surface area contributed by atoms with Crippen LogP contribution in [0.3, 0.4) is 0 Å². The molecular formula is C32H38O9. The SMILES string of the molecule is C=C(C)[C@]12C[C@@H](C)[C@@]34O[C@](C)(O[C@@H]1[C@@H]3C=C(COC(=O)Cc1cc(OC)cc(OC)c1)C[C@]1(O)C(=O)C(C)=C[C@@H]41)O2. The van der Waals surface area contributed by atoms with Crippen LogP contribution in [0.4, 0.5) is 0 Å².